The molecule has 9 N–H and O–H groups in total. The van der Waals surface area contributed by atoms with E-state index in [1.54, 1.807) is 0 Å². The van der Waals surface area contributed by atoms with Crippen LogP contribution in [-0.2, 0) is 23.7 Å². The van der Waals surface area contributed by atoms with Crippen molar-refractivity contribution < 1.29 is 64.6 Å². The number of amides is 1. The number of rotatable bonds is 48. The Bertz CT molecular complexity index is 1380. The van der Waals surface area contributed by atoms with Crippen molar-refractivity contribution in [3.8, 4) is 0 Å². The average molecular weight is 1050 g/mol. The zero-order chi connectivity index (χ0) is 53.9. The van der Waals surface area contributed by atoms with Gasteiger partial charge < -0.3 is 65.1 Å². The molecule has 1 amide bonds. The van der Waals surface area contributed by atoms with Gasteiger partial charge in [-0.1, -0.05) is 224 Å². The quantitative estimate of drug-likeness (QED) is 0.0204. The third-order valence-corrected chi connectivity index (χ3v) is 14.9. The van der Waals surface area contributed by atoms with Gasteiger partial charge in [-0.15, -0.1) is 0 Å². The summed E-state index contributed by atoms with van der Waals surface area (Å²) in [7, 11) is 0. The van der Waals surface area contributed by atoms with Crippen LogP contribution in [0.1, 0.15) is 245 Å². The molecule has 0 aromatic heterocycles. The molecular weight excluding hydrogens is 943 g/mol. The molecule has 0 spiro atoms. The van der Waals surface area contributed by atoms with E-state index < -0.39 is 86.8 Å². The Kier molecular flexibility index (Phi) is 42.6. The van der Waals surface area contributed by atoms with Crippen LogP contribution in [0.25, 0.3) is 0 Å². The molecule has 0 aromatic carbocycles. The molecule has 2 fully saturated rings. The smallest absolute Gasteiger partial charge is 0.220 e. The maximum atomic E-state index is 13.3. The minimum absolute atomic E-state index is 0.210. The van der Waals surface area contributed by atoms with Crippen molar-refractivity contribution in [1.29, 1.82) is 0 Å². The van der Waals surface area contributed by atoms with Crippen LogP contribution in [0.2, 0.25) is 0 Å². The van der Waals surface area contributed by atoms with Crippen LogP contribution in [0.3, 0.4) is 0 Å². The van der Waals surface area contributed by atoms with Crippen molar-refractivity contribution in [2.75, 3.05) is 19.8 Å². The van der Waals surface area contributed by atoms with Gasteiger partial charge in [0.25, 0.3) is 0 Å². The molecule has 2 heterocycles. The molecule has 0 aromatic rings. The molecule has 2 aliphatic heterocycles. The summed E-state index contributed by atoms with van der Waals surface area (Å²) in [6.07, 6.45) is 38.5. The van der Waals surface area contributed by atoms with Crippen LogP contribution < -0.4 is 5.32 Å². The van der Waals surface area contributed by atoms with E-state index in [0.29, 0.717) is 12.8 Å². The predicted octanol–water partition coefficient (Wildman–Crippen LogP) is 10.2. The molecule has 0 bridgehead atoms. The van der Waals surface area contributed by atoms with Gasteiger partial charge in [-0.3, -0.25) is 4.79 Å². The Labute approximate surface area is 449 Å². The first-order valence-electron chi connectivity index (χ1n) is 30.2. The van der Waals surface area contributed by atoms with E-state index in [-0.39, 0.29) is 12.5 Å². The van der Waals surface area contributed by atoms with Crippen molar-refractivity contribution in [1.82, 2.24) is 5.32 Å². The van der Waals surface area contributed by atoms with Gasteiger partial charge in [0.05, 0.1) is 32.0 Å². The van der Waals surface area contributed by atoms with Gasteiger partial charge in [-0.25, -0.2) is 0 Å². The number of allylic oxidation sites excluding steroid dienone is 6. The van der Waals surface area contributed by atoms with Crippen molar-refractivity contribution in [3.05, 3.63) is 36.5 Å². The molecule has 2 saturated heterocycles. The molecule has 2 aliphatic rings. The van der Waals surface area contributed by atoms with E-state index in [4.69, 9.17) is 18.9 Å². The molecule has 0 aliphatic carbocycles. The number of hydrogen-bond acceptors (Lipinski definition) is 13. The molecule has 0 radical (unpaired) electrons. The average Bonchev–Trinajstić information content (AvgIpc) is 3.40. The summed E-state index contributed by atoms with van der Waals surface area (Å²) in [6, 6.07) is -0.831. The first kappa shape index (κ1) is 68.3. The summed E-state index contributed by atoms with van der Waals surface area (Å²) in [5, 5.41) is 87.2. The van der Waals surface area contributed by atoms with Crippen LogP contribution in [0, 0.1) is 0 Å². The van der Waals surface area contributed by atoms with Gasteiger partial charge in [0.1, 0.15) is 48.8 Å². The topological polar surface area (TPSA) is 228 Å². The van der Waals surface area contributed by atoms with Gasteiger partial charge in [-0.2, -0.15) is 0 Å². The minimum Gasteiger partial charge on any atom is -0.394 e. The normalized spacial score (nSPS) is 25.4. The molecule has 14 heteroatoms. The van der Waals surface area contributed by atoms with Crippen LogP contribution in [0.4, 0.5) is 0 Å². The Morgan fingerprint density at radius 3 is 1.36 bits per heavy atom. The lowest BCUT2D eigenvalue weighted by atomic mass is 9.97. The van der Waals surface area contributed by atoms with Gasteiger partial charge in [0.15, 0.2) is 12.6 Å². The zero-order valence-corrected chi connectivity index (χ0v) is 46.6. The first-order valence-corrected chi connectivity index (χ1v) is 30.2. The molecule has 434 valence electrons. The highest BCUT2D eigenvalue weighted by Crippen LogP contribution is 2.30. The second kappa shape index (κ2) is 46.2. The lowest BCUT2D eigenvalue weighted by molar-refractivity contribution is -0.359. The summed E-state index contributed by atoms with van der Waals surface area (Å²) in [4.78, 5) is 13.3. The first-order chi connectivity index (χ1) is 36.1. The molecule has 0 saturated carbocycles. The summed E-state index contributed by atoms with van der Waals surface area (Å²) < 4.78 is 22.8. The molecule has 12 atom stereocenters. The van der Waals surface area contributed by atoms with Crippen LogP contribution in [0.15, 0.2) is 36.5 Å². The van der Waals surface area contributed by atoms with Crippen molar-refractivity contribution in [2.45, 2.75) is 319 Å². The molecule has 14 nitrogen and oxygen atoms in total. The Hall–Kier alpha value is -1.79. The fraction of sp³-hybridized carbons (Fsp3) is 0.883. The number of carbonyl (C=O) groups excluding carboxylic acids is 1. The Morgan fingerprint density at radius 1 is 0.486 bits per heavy atom. The lowest BCUT2D eigenvalue weighted by Gasteiger charge is -2.46. The number of nitrogens with one attached hydrogen (secondary N) is 1. The van der Waals surface area contributed by atoms with E-state index in [2.05, 4.69) is 55.6 Å². The third kappa shape index (κ3) is 31.6. The van der Waals surface area contributed by atoms with Crippen molar-refractivity contribution in [2.24, 2.45) is 0 Å². The van der Waals surface area contributed by atoms with Gasteiger partial charge in [0.2, 0.25) is 5.91 Å². The van der Waals surface area contributed by atoms with Crippen LogP contribution >= 0.6 is 0 Å². The third-order valence-electron chi connectivity index (χ3n) is 14.9. The Balaban J connectivity index is 1.73. The number of carbonyl (C=O) groups is 1. The van der Waals surface area contributed by atoms with E-state index in [1.807, 2.05) is 0 Å². The maximum absolute atomic E-state index is 13.3. The standard InChI is InChI=1S/C60H111NO13/c1-3-5-7-9-11-13-15-17-19-20-21-22-23-24-25-26-27-28-30-32-34-36-38-40-42-44-52(65)61-48(49(64)43-41-39-37-35-33-31-29-18-16-14-12-10-8-6-4-2)47-71-59-57(70)55(68)58(51(46-63)73-59)74-60-56(69)54(67)53(66)50(45-62)72-60/h15,17,20-21,23-24,48-51,53-60,62-64,66-70H,3-14,16,18-19,22,25-47H2,1-2H3,(H,61,65)/b17-15-,21-20-,24-23-. The zero-order valence-electron chi connectivity index (χ0n) is 46.6. The highest BCUT2D eigenvalue weighted by molar-refractivity contribution is 5.76. The highest BCUT2D eigenvalue weighted by Gasteiger charge is 2.51. The summed E-state index contributed by atoms with van der Waals surface area (Å²) in [5.74, 6) is -0.210. The molecule has 12 unspecified atom stereocenters. The van der Waals surface area contributed by atoms with Crippen molar-refractivity contribution in [3.63, 3.8) is 0 Å². The fourth-order valence-electron chi connectivity index (χ4n) is 9.95. The van der Waals surface area contributed by atoms with Gasteiger partial charge >= 0.3 is 0 Å². The fourth-order valence-corrected chi connectivity index (χ4v) is 9.95. The van der Waals surface area contributed by atoms with E-state index in [0.717, 1.165) is 70.6 Å². The number of ether oxygens (including phenoxy) is 4. The van der Waals surface area contributed by atoms with E-state index in [1.165, 1.54) is 148 Å². The van der Waals surface area contributed by atoms with Gasteiger partial charge in [0, 0.05) is 6.42 Å². The molecular formula is C60H111NO13. The lowest BCUT2D eigenvalue weighted by Crippen LogP contribution is -2.65. The van der Waals surface area contributed by atoms with Crippen molar-refractivity contribution >= 4 is 5.91 Å². The predicted molar refractivity (Wildman–Crippen MR) is 295 cm³/mol. The van der Waals surface area contributed by atoms with Crippen LogP contribution in [0.5, 0.6) is 0 Å². The minimum atomic E-state index is -1.78. The van der Waals surface area contributed by atoms with E-state index in [9.17, 15) is 45.6 Å². The number of aliphatic hydroxyl groups is 8. The number of hydrogen-bond donors (Lipinski definition) is 9. The molecule has 2 rings (SSSR count). The highest BCUT2D eigenvalue weighted by atomic mass is 16.7. The summed E-state index contributed by atoms with van der Waals surface area (Å²) >= 11 is 0. The van der Waals surface area contributed by atoms with Gasteiger partial charge in [-0.05, 0) is 51.4 Å². The summed E-state index contributed by atoms with van der Waals surface area (Å²) in [6.45, 7) is 2.86. The Morgan fingerprint density at radius 2 is 0.892 bits per heavy atom. The largest absolute Gasteiger partial charge is 0.394 e. The second-order valence-corrected chi connectivity index (χ2v) is 21.5. The number of unbranched alkanes of at least 4 members (excludes halogenated alkanes) is 29. The maximum Gasteiger partial charge on any atom is 0.220 e. The van der Waals surface area contributed by atoms with E-state index >= 15 is 0 Å². The number of aliphatic hydroxyl groups excluding tert-OH is 8. The monoisotopic (exact) mass is 1050 g/mol. The summed E-state index contributed by atoms with van der Waals surface area (Å²) in [5.41, 5.74) is 0. The second-order valence-electron chi connectivity index (χ2n) is 21.5. The SMILES string of the molecule is CCCCCCC/C=C\C/C=C\C/C=C\CCCCCCCCCCCCC(=O)NC(COC1OC(CO)C(OC2OC(CO)C(O)C(O)C2O)C(O)C1O)C(O)CCCCCCCCCCCCCCCCC. The molecule has 74 heavy (non-hydrogen) atoms. The van der Waals surface area contributed by atoms with Crippen LogP contribution in [-0.4, -0.2) is 140 Å².